The van der Waals surface area contributed by atoms with Gasteiger partial charge in [-0.1, -0.05) is 30.3 Å². The van der Waals surface area contributed by atoms with Crippen molar-refractivity contribution in [1.82, 2.24) is 15.1 Å². The summed E-state index contributed by atoms with van der Waals surface area (Å²) in [5.41, 5.74) is 0.739. The van der Waals surface area contributed by atoms with E-state index in [0.717, 1.165) is 10.2 Å². The smallest absolute Gasteiger partial charge is 0.275 e. The molecule has 0 saturated heterocycles. The van der Waals surface area contributed by atoms with Crippen LogP contribution in [-0.2, 0) is 6.54 Å². The largest absolute Gasteiger partial charge is 0.494 e. The van der Waals surface area contributed by atoms with Crippen LogP contribution in [0.1, 0.15) is 16.1 Å². The van der Waals surface area contributed by atoms with E-state index in [0.29, 0.717) is 12.2 Å². The summed E-state index contributed by atoms with van der Waals surface area (Å²) in [5, 5.41) is 6.84. The number of halogens is 1. The molecule has 6 nitrogen and oxygen atoms in total. The molecule has 0 aliphatic rings. The lowest BCUT2D eigenvalue weighted by molar-refractivity contribution is 0.0940. The number of carbonyl (C=O) groups excluding carboxylic acids is 1. The van der Waals surface area contributed by atoms with E-state index in [1.165, 1.54) is 37.4 Å². The first kappa shape index (κ1) is 17.3. The monoisotopic (exact) mass is 353 g/mol. The highest BCUT2D eigenvalue weighted by Gasteiger charge is 2.18. The van der Waals surface area contributed by atoms with Crippen LogP contribution in [0.2, 0.25) is 0 Å². The SMILES string of the molecule is COc1cc(=O)n(-c2ccc(F)cc2)nc1C(=O)NCc1ccccc1. The third kappa shape index (κ3) is 3.77. The highest BCUT2D eigenvalue weighted by atomic mass is 19.1. The molecule has 0 aliphatic heterocycles. The summed E-state index contributed by atoms with van der Waals surface area (Å²) in [6, 6.07) is 15.8. The lowest BCUT2D eigenvalue weighted by atomic mass is 10.2. The van der Waals surface area contributed by atoms with Crippen molar-refractivity contribution in [3.05, 3.63) is 88.1 Å². The Morgan fingerprint density at radius 1 is 1.15 bits per heavy atom. The van der Waals surface area contributed by atoms with Crippen LogP contribution in [0.4, 0.5) is 4.39 Å². The van der Waals surface area contributed by atoms with E-state index in [9.17, 15) is 14.0 Å². The first-order chi connectivity index (χ1) is 12.6. The molecule has 7 heteroatoms. The molecule has 132 valence electrons. The fourth-order valence-corrected chi connectivity index (χ4v) is 2.38. The van der Waals surface area contributed by atoms with Crippen LogP contribution < -0.4 is 15.6 Å². The second-order valence-electron chi connectivity index (χ2n) is 5.46. The first-order valence-corrected chi connectivity index (χ1v) is 7.85. The summed E-state index contributed by atoms with van der Waals surface area (Å²) >= 11 is 0. The minimum absolute atomic E-state index is 0.0349. The normalized spacial score (nSPS) is 10.4. The quantitative estimate of drug-likeness (QED) is 0.764. The summed E-state index contributed by atoms with van der Waals surface area (Å²) in [6.07, 6.45) is 0. The van der Waals surface area contributed by atoms with Gasteiger partial charge in [-0.25, -0.2) is 4.39 Å². The molecule has 26 heavy (non-hydrogen) atoms. The van der Waals surface area contributed by atoms with Crippen molar-refractivity contribution in [1.29, 1.82) is 0 Å². The molecule has 1 heterocycles. The first-order valence-electron chi connectivity index (χ1n) is 7.85. The van der Waals surface area contributed by atoms with Gasteiger partial charge in [-0.15, -0.1) is 0 Å². The molecule has 0 aliphatic carbocycles. The van der Waals surface area contributed by atoms with Gasteiger partial charge in [-0.05, 0) is 29.8 Å². The summed E-state index contributed by atoms with van der Waals surface area (Å²) in [7, 11) is 1.35. The molecule has 0 bridgehead atoms. The van der Waals surface area contributed by atoms with Gasteiger partial charge in [0.1, 0.15) is 5.82 Å². The number of amides is 1. The van der Waals surface area contributed by atoms with Gasteiger partial charge in [0, 0.05) is 6.54 Å². The molecule has 1 aromatic heterocycles. The Bertz CT molecular complexity index is 970. The number of nitrogens with zero attached hydrogens (tertiary/aromatic N) is 2. The summed E-state index contributed by atoms with van der Waals surface area (Å²) < 4.78 is 19.2. The lowest BCUT2D eigenvalue weighted by Crippen LogP contribution is -2.29. The Hall–Kier alpha value is -3.48. The molecule has 0 saturated carbocycles. The van der Waals surface area contributed by atoms with Crippen molar-refractivity contribution in [2.45, 2.75) is 6.54 Å². The number of carbonyl (C=O) groups is 1. The fraction of sp³-hybridized carbons (Fsp3) is 0.105. The maximum atomic E-state index is 13.1. The van der Waals surface area contributed by atoms with E-state index >= 15 is 0 Å². The van der Waals surface area contributed by atoms with E-state index in [-0.39, 0.29) is 11.4 Å². The minimum atomic E-state index is -0.493. The van der Waals surface area contributed by atoms with Crippen LogP contribution in [0.25, 0.3) is 5.69 Å². The maximum Gasteiger partial charge on any atom is 0.275 e. The van der Waals surface area contributed by atoms with Crippen molar-refractivity contribution in [3.8, 4) is 11.4 Å². The molecule has 3 rings (SSSR count). The molecule has 1 N–H and O–H groups in total. The molecule has 0 atom stereocenters. The number of nitrogens with one attached hydrogen (secondary N) is 1. The Balaban J connectivity index is 1.92. The summed E-state index contributed by atoms with van der Waals surface area (Å²) in [5.74, 6) is -0.850. The van der Waals surface area contributed by atoms with Crippen molar-refractivity contribution in [2.75, 3.05) is 7.11 Å². The van der Waals surface area contributed by atoms with Crippen molar-refractivity contribution >= 4 is 5.91 Å². The average molecular weight is 353 g/mol. The molecule has 0 radical (unpaired) electrons. The van der Waals surface area contributed by atoms with Gasteiger partial charge in [0.05, 0.1) is 18.9 Å². The molecule has 0 fully saturated rings. The van der Waals surface area contributed by atoms with Gasteiger partial charge in [-0.3, -0.25) is 9.59 Å². The maximum absolute atomic E-state index is 13.1. The van der Waals surface area contributed by atoms with E-state index in [1.54, 1.807) is 0 Å². The van der Waals surface area contributed by atoms with Crippen LogP contribution in [0.3, 0.4) is 0 Å². The predicted molar refractivity (Wildman–Crippen MR) is 94.0 cm³/mol. The zero-order valence-corrected chi connectivity index (χ0v) is 14.0. The van der Waals surface area contributed by atoms with Crippen LogP contribution >= 0.6 is 0 Å². The zero-order valence-electron chi connectivity index (χ0n) is 14.0. The van der Waals surface area contributed by atoms with E-state index in [1.807, 2.05) is 30.3 Å². The van der Waals surface area contributed by atoms with Crippen molar-refractivity contribution in [2.24, 2.45) is 0 Å². The zero-order chi connectivity index (χ0) is 18.5. The Morgan fingerprint density at radius 3 is 2.50 bits per heavy atom. The molecule has 1 amide bonds. The minimum Gasteiger partial charge on any atom is -0.494 e. The molecule has 2 aromatic carbocycles. The van der Waals surface area contributed by atoms with Gasteiger partial charge in [-0.2, -0.15) is 9.78 Å². The Labute approximate surface area is 148 Å². The van der Waals surface area contributed by atoms with E-state index in [4.69, 9.17) is 4.74 Å². The highest BCUT2D eigenvalue weighted by Crippen LogP contribution is 2.15. The third-order valence-corrected chi connectivity index (χ3v) is 3.70. The van der Waals surface area contributed by atoms with Gasteiger partial charge >= 0.3 is 0 Å². The number of hydrogen-bond acceptors (Lipinski definition) is 4. The molecule has 0 unspecified atom stereocenters. The molecule has 0 spiro atoms. The van der Waals surface area contributed by atoms with Gasteiger partial charge in [0.15, 0.2) is 11.4 Å². The van der Waals surface area contributed by atoms with Crippen molar-refractivity contribution < 1.29 is 13.9 Å². The number of ether oxygens (including phenoxy) is 1. The standard InChI is InChI=1S/C19H16FN3O3/c1-26-16-11-17(24)23(15-9-7-14(20)8-10-15)22-18(16)19(25)21-12-13-5-3-2-4-6-13/h2-11H,12H2,1H3,(H,21,25). The molecule has 3 aromatic rings. The lowest BCUT2D eigenvalue weighted by Gasteiger charge is -2.11. The number of hydrogen-bond donors (Lipinski definition) is 1. The van der Waals surface area contributed by atoms with Crippen LogP contribution in [-0.4, -0.2) is 22.8 Å². The Morgan fingerprint density at radius 2 is 1.85 bits per heavy atom. The summed E-state index contributed by atoms with van der Waals surface area (Å²) in [6.45, 7) is 0.306. The van der Waals surface area contributed by atoms with Crippen LogP contribution in [0, 0.1) is 5.82 Å². The molecular weight excluding hydrogens is 337 g/mol. The van der Waals surface area contributed by atoms with E-state index in [2.05, 4.69) is 10.4 Å². The number of benzene rings is 2. The van der Waals surface area contributed by atoms with Gasteiger partial charge in [0.2, 0.25) is 0 Å². The third-order valence-electron chi connectivity index (χ3n) is 3.70. The second kappa shape index (κ2) is 7.60. The fourth-order valence-electron chi connectivity index (χ4n) is 2.38. The topological polar surface area (TPSA) is 73.2 Å². The Kier molecular flexibility index (Phi) is 5.07. The molecular formula is C19H16FN3O3. The highest BCUT2D eigenvalue weighted by molar-refractivity contribution is 5.94. The van der Waals surface area contributed by atoms with E-state index < -0.39 is 17.3 Å². The summed E-state index contributed by atoms with van der Waals surface area (Å²) in [4.78, 5) is 24.8. The average Bonchev–Trinajstić information content (AvgIpc) is 2.67. The van der Waals surface area contributed by atoms with Crippen LogP contribution in [0.5, 0.6) is 5.75 Å². The van der Waals surface area contributed by atoms with Gasteiger partial charge < -0.3 is 10.1 Å². The van der Waals surface area contributed by atoms with Gasteiger partial charge in [0.25, 0.3) is 11.5 Å². The van der Waals surface area contributed by atoms with Crippen molar-refractivity contribution in [3.63, 3.8) is 0 Å². The number of rotatable bonds is 5. The predicted octanol–water partition coefficient (Wildman–Crippen LogP) is 2.31. The van der Waals surface area contributed by atoms with Crippen LogP contribution in [0.15, 0.2) is 65.5 Å². The second-order valence-corrected chi connectivity index (χ2v) is 5.46. The number of aromatic nitrogens is 2. The number of methoxy groups -OCH3 is 1.